The third-order valence-corrected chi connectivity index (χ3v) is 3.48. The maximum atomic E-state index is 12.8. The van der Waals surface area contributed by atoms with Crippen LogP contribution in [-0.4, -0.2) is 9.78 Å². The molecular formula is C17H24N2O. The fraction of sp³-hybridized carbons (Fsp3) is 0.471. The van der Waals surface area contributed by atoms with Crippen molar-refractivity contribution < 1.29 is 0 Å². The van der Waals surface area contributed by atoms with Crippen LogP contribution in [0.15, 0.2) is 29.1 Å². The van der Waals surface area contributed by atoms with Crippen molar-refractivity contribution in [1.29, 1.82) is 0 Å². The molecule has 20 heavy (non-hydrogen) atoms. The topological polar surface area (TPSA) is 37.8 Å². The van der Waals surface area contributed by atoms with Gasteiger partial charge in [-0.25, -0.2) is 4.68 Å². The molecule has 0 saturated carbocycles. The lowest BCUT2D eigenvalue weighted by molar-refractivity contribution is 0.576. The summed E-state index contributed by atoms with van der Waals surface area (Å²) >= 11 is 0. The van der Waals surface area contributed by atoms with Crippen molar-refractivity contribution in [3.63, 3.8) is 0 Å². The third kappa shape index (κ3) is 2.72. The fourth-order valence-electron chi connectivity index (χ4n) is 2.64. The Morgan fingerprint density at radius 1 is 1.25 bits per heavy atom. The molecule has 1 heterocycles. The highest BCUT2D eigenvalue weighted by molar-refractivity contribution is 5.37. The second-order valence-electron chi connectivity index (χ2n) is 6.44. The molecule has 0 spiro atoms. The number of H-pyrrole nitrogens is 1. The molecule has 2 rings (SSSR count). The van der Waals surface area contributed by atoms with Gasteiger partial charge in [0.15, 0.2) is 0 Å². The SMILES string of the molecule is CCCc1[nH]n(-c2cccc(C)c2)c(=O)c1C(C)(C)C. The van der Waals surface area contributed by atoms with Crippen molar-refractivity contribution in [1.82, 2.24) is 9.78 Å². The summed E-state index contributed by atoms with van der Waals surface area (Å²) < 4.78 is 1.68. The van der Waals surface area contributed by atoms with Crippen molar-refractivity contribution in [2.45, 2.75) is 52.9 Å². The smallest absolute Gasteiger partial charge is 0.275 e. The van der Waals surface area contributed by atoms with Gasteiger partial charge in [0.2, 0.25) is 0 Å². The van der Waals surface area contributed by atoms with Gasteiger partial charge in [0.25, 0.3) is 5.56 Å². The highest BCUT2D eigenvalue weighted by atomic mass is 16.1. The molecule has 0 amide bonds. The van der Waals surface area contributed by atoms with E-state index in [0.29, 0.717) is 0 Å². The first-order valence-corrected chi connectivity index (χ1v) is 7.26. The largest absolute Gasteiger partial charge is 0.295 e. The van der Waals surface area contributed by atoms with Gasteiger partial charge >= 0.3 is 0 Å². The van der Waals surface area contributed by atoms with Crippen molar-refractivity contribution in [2.75, 3.05) is 0 Å². The third-order valence-electron chi connectivity index (χ3n) is 3.48. The van der Waals surface area contributed by atoms with Crippen molar-refractivity contribution >= 4 is 0 Å². The van der Waals surface area contributed by atoms with E-state index in [9.17, 15) is 4.79 Å². The molecule has 0 aliphatic heterocycles. The van der Waals surface area contributed by atoms with Gasteiger partial charge in [0.05, 0.1) is 5.69 Å². The maximum absolute atomic E-state index is 12.8. The molecule has 1 aromatic carbocycles. The van der Waals surface area contributed by atoms with Crippen LogP contribution in [0.25, 0.3) is 5.69 Å². The first kappa shape index (κ1) is 14.6. The Morgan fingerprint density at radius 3 is 2.50 bits per heavy atom. The summed E-state index contributed by atoms with van der Waals surface area (Å²) in [7, 11) is 0. The van der Waals surface area contributed by atoms with E-state index in [0.717, 1.165) is 35.3 Å². The minimum atomic E-state index is -0.146. The van der Waals surface area contributed by atoms with Crippen LogP contribution in [0.3, 0.4) is 0 Å². The molecule has 3 heteroatoms. The van der Waals surface area contributed by atoms with Gasteiger partial charge in [-0.3, -0.25) is 9.89 Å². The first-order valence-electron chi connectivity index (χ1n) is 7.26. The quantitative estimate of drug-likeness (QED) is 0.908. The maximum Gasteiger partial charge on any atom is 0.275 e. The van der Waals surface area contributed by atoms with Crippen LogP contribution in [0, 0.1) is 6.92 Å². The molecule has 0 unspecified atom stereocenters. The molecular weight excluding hydrogens is 248 g/mol. The normalized spacial score (nSPS) is 11.8. The number of hydrogen-bond acceptors (Lipinski definition) is 1. The zero-order valence-electron chi connectivity index (χ0n) is 13.1. The minimum Gasteiger partial charge on any atom is -0.295 e. The van der Waals surface area contributed by atoms with E-state index >= 15 is 0 Å². The summed E-state index contributed by atoms with van der Waals surface area (Å²) in [6, 6.07) is 8.01. The van der Waals surface area contributed by atoms with E-state index in [1.165, 1.54) is 0 Å². The predicted molar refractivity (Wildman–Crippen MR) is 83.8 cm³/mol. The van der Waals surface area contributed by atoms with Crippen LogP contribution in [0.4, 0.5) is 0 Å². The number of nitrogens with zero attached hydrogens (tertiary/aromatic N) is 1. The van der Waals surface area contributed by atoms with E-state index < -0.39 is 0 Å². The highest BCUT2D eigenvalue weighted by Gasteiger charge is 2.25. The average molecular weight is 272 g/mol. The molecule has 108 valence electrons. The van der Waals surface area contributed by atoms with Crippen LogP contribution in [0.2, 0.25) is 0 Å². The standard InChI is InChI=1S/C17H24N2O/c1-6-8-14-15(17(3,4)5)16(20)19(18-14)13-10-7-9-12(2)11-13/h7,9-11,18H,6,8H2,1-5H3. The molecule has 0 atom stereocenters. The lowest BCUT2D eigenvalue weighted by atomic mass is 9.86. The number of benzene rings is 1. The Hall–Kier alpha value is -1.77. The van der Waals surface area contributed by atoms with Crippen molar-refractivity contribution in [2.24, 2.45) is 0 Å². The molecule has 0 bridgehead atoms. The number of hydrogen-bond donors (Lipinski definition) is 1. The van der Waals surface area contributed by atoms with Gasteiger partial charge in [0.1, 0.15) is 0 Å². The Morgan fingerprint density at radius 2 is 1.95 bits per heavy atom. The van der Waals surface area contributed by atoms with Gasteiger partial charge in [0, 0.05) is 11.3 Å². The molecule has 1 N–H and O–H groups in total. The van der Waals surface area contributed by atoms with Crippen LogP contribution in [0.1, 0.15) is 50.9 Å². The predicted octanol–water partition coefficient (Wildman–Crippen LogP) is 3.72. The van der Waals surface area contributed by atoms with E-state index in [2.05, 4.69) is 32.8 Å². The van der Waals surface area contributed by atoms with E-state index in [1.807, 2.05) is 31.2 Å². The van der Waals surface area contributed by atoms with Gasteiger partial charge in [-0.1, -0.05) is 46.2 Å². The zero-order chi connectivity index (χ0) is 14.9. The fourth-order valence-corrected chi connectivity index (χ4v) is 2.64. The number of aryl methyl sites for hydroxylation is 2. The lowest BCUT2D eigenvalue weighted by Crippen LogP contribution is -2.25. The van der Waals surface area contributed by atoms with Crippen LogP contribution in [0.5, 0.6) is 0 Å². The van der Waals surface area contributed by atoms with E-state index in [-0.39, 0.29) is 11.0 Å². The summed E-state index contributed by atoms with van der Waals surface area (Å²) in [6.07, 6.45) is 1.93. The van der Waals surface area contributed by atoms with Gasteiger partial charge < -0.3 is 0 Å². The van der Waals surface area contributed by atoms with Gasteiger partial charge in [-0.15, -0.1) is 0 Å². The van der Waals surface area contributed by atoms with Crippen LogP contribution in [-0.2, 0) is 11.8 Å². The summed E-state index contributed by atoms with van der Waals surface area (Å²) in [6.45, 7) is 10.5. The van der Waals surface area contributed by atoms with Crippen molar-refractivity contribution in [3.8, 4) is 5.69 Å². The first-order chi connectivity index (χ1) is 9.34. The Balaban J connectivity index is 2.65. The number of rotatable bonds is 3. The summed E-state index contributed by atoms with van der Waals surface area (Å²) in [5.41, 5.74) is 3.95. The lowest BCUT2D eigenvalue weighted by Gasteiger charge is -2.17. The van der Waals surface area contributed by atoms with Gasteiger partial charge in [-0.2, -0.15) is 0 Å². The molecule has 0 aliphatic carbocycles. The molecule has 1 aromatic heterocycles. The Bertz CT molecular complexity index is 656. The monoisotopic (exact) mass is 272 g/mol. The summed E-state index contributed by atoms with van der Waals surface area (Å²) in [5.74, 6) is 0. The molecule has 0 saturated heterocycles. The number of aromatic nitrogens is 2. The highest BCUT2D eigenvalue weighted by Crippen LogP contribution is 2.23. The van der Waals surface area contributed by atoms with Crippen molar-refractivity contribution in [3.05, 3.63) is 51.4 Å². The van der Waals surface area contributed by atoms with E-state index in [4.69, 9.17) is 0 Å². The molecule has 0 fully saturated rings. The summed E-state index contributed by atoms with van der Waals surface area (Å²) in [4.78, 5) is 12.8. The molecule has 3 nitrogen and oxygen atoms in total. The van der Waals surface area contributed by atoms with E-state index in [1.54, 1.807) is 4.68 Å². The van der Waals surface area contributed by atoms with Crippen LogP contribution >= 0.6 is 0 Å². The molecule has 0 aliphatic rings. The van der Waals surface area contributed by atoms with Crippen LogP contribution < -0.4 is 5.56 Å². The Labute approximate surface area is 120 Å². The number of aromatic amines is 1. The second kappa shape index (κ2) is 5.31. The molecule has 2 aromatic rings. The summed E-state index contributed by atoms with van der Waals surface area (Å²) in [5, 5.41) is 3.31. The molecule has 0 radical (unpaired) electrons. The number of nitrogens with one attached hydrogen (secondary N) is 1. The zero-order valence-corrected chi connectivity index (χ0v) is 13.1. The minimum absolute atomic E-state index is 0.0755. The van der Waals surface area contributed by atoms with Gasteiger partial charge in [-0.05, 0) is 36.5 Å². The Kier molecular flexibility index (Phi) is 3.89. The second-order valence-corrected chi connectivity index (χ2v) is 6.44. The average Bonchev–Trinajstić information content (AvgIpc) is 2.66.